The molecule has 0 unspecified atom stereocenters. The smallest absolute Gasteiger partial charge is 0.189 e. The lowest BCUT2D eigenvalue weighted by Gasteiger charge is -2.10. The van der Waals surface area contributed by atoms with Gasteiger partial charge < -0.3 is 20.5 Å². The van der Waals surface area contributed by atoms with Crippen molar-refractivity contribution in [1.29, 1.82) is 0 Å². The standard InChI is InChI=1S/C19H25N3O2/c1-4-15-7-5-6-8-16(15)13-22-19(20)21-12-14-9-10-17(23-2)18(11-14)24-3/h5-11H,4,12-13H2,1-3H3,(H3,20,21,22). The molecule has 0 fully saturated rings. The van der Waals surface area contributed by atoms with E-state index in [1.165, 1.54) is 11.1 Å². The average molecular weight is 327 g/mol. The fourth-order valence-electron chi connectivity index (χ4n) is 2.47. The lowest BCUT2D eigenvalue weighted by Crippen LogP contribution is -2.31. The second-order valence-electron chi connectivity index (χ2n) is 5.37. The van der Waals surface area contributed by atoms with Crippen molar-refractivity contribution in [3.8, 4) is 11.5 Å². The zero-order valence-corrected chi connectivity index (χ0v) is 14.5. The molecule has 0 aromatic heterocycles. The number of ether oxygens (including phenoxy) is 2. The molecule has 128 valence electrons. The molecular formula is C19H25N3O2. The van der Waals surface area contributed by atoms with Crippen molar-refractivity contribution >= 4 is 5.96 Å². The van der Waals surface area contributed by atoms with Gasteiger partial charge in [-0.1, -0.05) is 37.3 Å². The van der Waals surface area contributed by atoms with Gasteiger partial charge >= 0.3 is 0 Å². The summed E-state index contributed by atoms with van der Waals surface area (Å²) in [5.74, 6) is 1.82. The van der Waals surface area contributed by atoms with E-state index >= 15 is 0 Å². The van der Waals surface area contributed by atoms with Crippen LogP contribution in [-0.2, 0) is 19.5 Å². The molecule has 0 saturated heterocycles. The van der Waals surface area contributed by atoms with Crippen LogP contribution < -0.4 is 20.5 Å². The van der Waals surface area contributed by atoms with E-state index in [4.69, 9.17) is 15.2 Å². The zero-order chi connectivity index (χ0) is 17.4. The van der Waals surface area contributed by atoms with Crippen LogP contribution in [0.1, 0.15) is 23.6 Å². The first-order chi connectivity index (χ1) is 11.7. The largest absolute Gasteiger partial charge is 0.493 e. The predicted molar refractivity (Wildman–Crippen MR) is 97.5 cm³/mol. The third-order valence-electron chi connectivity index (χ3n) is 3.84. The van der Waals surface area contributed by atoms with Crippen LogP contribution in [0.4, 0.5) is 0 Å². The van der Waals surface area contributed by atoms with Gasteiger partial charge in [-0.05, 0) is 35.2 Å². The molecule has 2 rings (SSSR count). The van der Waals surface area contributed by atoms with Gasteiger partial charge in [-0.3, -0.25) is 0 Å². The predicted octanol–water partition coefficient (Wildman–Crippen LogP) is 2.87. The van der Waals surface area contributed by atoms with E-state index in [1.54, 1.807) is 14.2 Å². The number of aryl methyl sites for hydroxylation is 1. The van der Waals surface area contributed by atoms with Gasteiger partial charge in [0.05, 0.1) is 20.8 Å². The number of methoxy groups -OCH3 is 2. The van der Waals surface area contributed by atoms with Crippen molar-refractivity contribution in [2.45, 2.75) is 26.4 Å². The minimum absolute atomic E-state index is 0.427. The molecule has 24 heavy (non-hydrogen) atoms. The molecule has 2 aromatic rings. The molecule has 2 aromatic carbocycles. The molecule has 0 saturated carbocycles. The highest BCUT2D eigenvalue weighted by atomic mass is 16.5. The van der Waals surface area contributed by atoms with E-state index in [9.17, 15) is 0 Å². The first-order valence-electron chi connectivity index (χ1n) is 7.99. The summed E-state index contributed by atoms with van der Waals surface area (Å²) in [6, 6.07) is 14.0. The highest BCUT2D eigenvalue weighted by molar-refractivity contribution is 5.77. The molecular weight excluding hydrogens is 302 g/mol. The van der Waals surface area contributed by atoms with E-state index in [0.717, 1.165) is 12.0 Å². The summed E-state index contributed by atoms with van der Waals surface area (Å²) in [4.78, 5) is 4.38. The monoisotopic (exact) mass is 327 g/mol. The summed E-state index contributed by atoms with van der Waals surface area (Å²) in [7, 11) is 3.23. The Balaban J connectivity index is 1.96. The van der Waals surface area contributed by atoms with Gasteiger partial charge in [0.1, 0.15) is 0 Å². The van der Waals surface area contributed by atoms with E-state index in [0.29, 0.717) is 30.5 Å². The van der Waals surface area contributed by atoms with Gasteiger partial charge in [-0.25, -0.2) is 4.99 Å². The number of hydrogen-bond donors (Lipinski definition) is 2. The van der Waals surface area contributed by atoms with Crippen LogP contribution in [-0.4, -0.2) is 20.2 Å². The summed E-state index contributed by atoms with van der Waals surface area (Å²) in [6.07, 6.45) is 1.00. The molecule has 5 heteroatoms. The minimum atomic E-state index is 0.427. The number of hydrogen-bond acceptors (Lipinski definition) is 3. The molecule has 5 nitrogen and oxygen atoms in total. The average Bonchev–Trinajstić information content (AvgIpc) is 2.64. The van der Waals surface area contributed by atoms with Crippen LogP contribution in [0, 0.1) is 0 Å². The Hall–Kier alpha value is -2.69. The van der Waals surface area contributed by atoms with Crippen LogP contribution in [0.5, 0.6) is 11.5 Å². The maximum atomic E-state index is 5.97. The Labute approximate surface area is 143 Å². The summed E-state index contributed by atoms with van der Waals surface area (Å²) < 4.78 is 10.5. The lowest BCUT2D eigenvalue weighted by molar-refractivity contribution is 0.354. The molecule has 3 N–H and O–H groups in total. The Morgan fingerprint density at radius 1 is 1.04 bits per heavy atom. The number of nitrogens with zero attached hydrogens (tertiary/aromatic N) is 1. The van der Waals surface area contributed by atoms with Gasteiger partial charge in [0.25, 0.3) is 0 Å². The fourth-order valence-corrected chi connectivity index (χ4v) is 2.47. The molecule has 0 heterocycles. The number of nitrogens with two attached hydrogens (primary N) is 1. The Kier molecular flexibility index (Phi) is 6.49. The van der Waals surface area contributed by atoms with Gasteiger partial charge in [0.15, 0.2) is 17.5 Å². The third-order valence-corrected chi connectivity index (χ3v) is 3.84. The SMILES string of the molecule is CCc1ccccc1CNC(N)=NCc1ccc(OC)c(OC)c1. The second-order valence-corrected chi connectivity index (χ2v) is 5.37. The topological polar surface area (TPSA) is 68.9 Å². The van der Waals surface area contributed by atoms with E-state index in [-0.39, 0.29) is 0 Å². The summed E-state index contributed by atoms with van der Waals surface area (Å²) in [6.45, 7) is 3.30. The van der Waals surface area contributed by atoms with Crippen molar-refractivity contribution in [2.24, 2.45) is 10.7 Å². The van der Waals surface area contributed by atoms with Crippen molar-refractivity contribution in [3.63, 3.8) is 0 Å². The van der Waals surface area contributed by atoms with Crippen LogP contribution in [0.25, 0.3) is 0 Å². The van der Waals surface area contributed by atoms with E-state index in [1.807, 2.05) is 24.3 Å². The number of nitrogens with one attached hydrogen (secondary N) is 1. The van der Waals surface area contributed by atoms with Gasteiger partial charge in [-0.2, -0.15) is 0 Å². The first kappa shape index (κ1) is 17.7. The molecule has 0 aliphatic carbocycles. The van der Waals surface area contributed by atoms with Crippen molar-refractivity contribution in [2.75, 3.05) is 14.2 Å². The molecule has 0 aliphatic heterocycles. The zero-order valence-electron chi connectivity index (χ0n) is 14.5. The summed E-state index contributed by atoms with van der Waals surface area (Å²) >= 11 is 0. The second kappa shape index (κ2) is 8.82. The Morgan fingerprint density at radius 3 is 2.42 bits per heavy atom. The normalized spacial score (nSPS) is 11.2. The number of guanidine groups is 1. The van der Waals surface area contributed by atoms with Crippen molar-refractivity contribution in [1.82, 2.24) is 5.32 Å². The maximum Gasteiger partial charge on any atom is 0.189 e. The van der Waals surface area contributed by atoms with E-state index in [2.05, 4.69) is 35.4 Å². The number of rotatable bonds is 7. The van der Waals surface area contributed by atoms with Gasteiger partial charge in [0.2, 0.25) is 0 Å². The molecule has 0 amide bonds. The molecule has 0 radical (unpaired) electrons. The van der Waals surface area contributed by atoms with Gasteiger partial charge in [0, 0.05) is 6.54 Å². The van der Waals surface area contributed by atoms with Crippen LogP contribution in [0.2, 0.25) is 0 Å². The van der Waals surface area contributed by atoms with Crippen molar-refractivity contribution < 1.29 is 9.47 Å². The van der Waals surface area contributed by atoms with Crippen molar-refractivity contribution in [3.05, 3.63) is 59.2 Å². The summed E-state index contributed by atoms with van der Waals surface area (Å²) in [5, 5.41) is 3.17. The van der Waals surface area contributed by atoms with Gasteiger partial charge in [-0.15, -0.1) is 0 Å². The Bertz CT molecular complexity index is 699. The molecule has 0 atom stereocenters. The minimum Gasteiger partial charge on any atom is -0.493 e. The molecule has 0 bridgehead atoms. The lowest BCUT2D eigenvalue weighted by atomic mass is 10.1. The molecule has 0 spiro atoms. The third kappa shape index (κ3) is 4.65. The first-order valence-corrected chi connectivity index (χ1v) is 7.99. The summed E-state index contributed by atoms with van der Waals surface area (Å²) in [5.41, 5.74) is 9.53. The highest BCUT2D eigenvalue weighted by Gasteiger charge is 2.04. The van der Waals surface area contributed by atoms with E-state index < -0.39 is 0 Å². The van der Waals surface area contributed by atoms with Crippen LogP contribution in [0.3, 0.4) is 0 Å². The highest BCUT2D eigenvalue weighted by Crippen LogP contribution is 2.27. The maximum absolute atomic E-state index is 5.97. The number of benzene rings is 2. The van der Waals surface area contributed by atoms with Crippen LogP contribution in [0.15, 0.2) is 47.5 Å². The fraction of sp³-hybridized carbons (Fsp3) is 0.316. The van der Waals surface area contributed by atoms with Crippen LogP contribution >= 0.6 is 0 Å². The Morgan fingerprint density at radius 2 is 1.75 bits per heavy atom. The number of aliphatic imine (C=N–C) groups is 1. The molecule has 0 aliphatic rings. The quantitative estimate of drug-likeness (QED) is 0.606.